The Morgan fingerprint density at radius 2 is 1.59 bits per heavy atom. The molecule has 220 valence electrons. The van der Waals surface area contributed by atoms with Gasteiger partial charge < -0.3 is 31.5 Å². The summed E-state index contributed by atoms with van der Waals surface area (Å²) >= 11 is 1.12. The minimum atomic E-state index is -1.27. The largest absolute Gasteiger partial charge is 0.481 e. The number of aliphatic carboxylic acids is 3. The van der Waals surface area contributed by atoms with Gasteiger partial charge in [0.25, 0.3) is 0 Å². The lowest BCUT2D eigenvalue weighted by atomic mass is 10.1. The van der Waals surface area contributed by atoms with Gasteiger partial charge in [0.2, 0.25) is 5.91 Å². The van der Waals surface area contributed by atoms with Crippen LogP contribution in [-0.4, -0.2) is 73.4 Å². The molecule has 0 aromatic rings. The molecule has 11 heteroatoms. The summed E-state index contributed by atoms with van der Waals surface area (Å²) in [7, 11) is 0. The summed E-state index contributed by atoms with van der Waals surface area (Å²) in [6.45, 7) is 2.17. The van der Waals surface area contributed by atoms with Gasteiger partial charge in [-0.05, 0) is 38.5 Å². The van der Waals surface area contributed by atoms with Crippen LogP contribution < -0.4 is 11.1 Å². The molecule has 0 heterocycles. The summed E-state index contributed by atoms with van der Waals surface area (Å²) in [5.41, 5.74) is 5.38. The van der Waals surface area contributed by atoms with Crippen molar-refractivity contribution in [3.8, 4) is 0 Å². The lowest BCUT2D eigenvalue weighted by Crippen LogP contribution is -2.44. The maximum Gasteiger partial charge on any atom is 0.327 e. The first kappa shape index (κ1) is 36.1. The zero-order valence-electron chi connectivity index (χ0n) is 22.6. The number of hydrogen-bond acceptors (Lipinski definition) is 7. The van der Waals surface area contributed by atoms with Crippen LogP contribution in [0, 0.1) is 0 Å². The molecule has 0 rings (SSSR count). The highest BCUT2D eigenvalue weighted by atomic mass is 32.2. The number of carbonyl (C=O) groups excluding carboxylic acids is 1. The van der Waals surface area contributed by atoms with E-state index in [4.69, 9.17) is 15.9 Å². The molecule has 0 aliphatic carbocycles. The molecular weight excluding hydrogens is 524 g/mol. The lowest BCUT2D eigenvalue weighted by molar-refractivity contribution is -0.141. The number of aliphatic hydroxyl groups excluding tert-OH is 1. The zero-order chi connectivity index (χ0) is 29.5. The molecule has 39 heavy (non-hydrogen) atoms. The molecule has 0 aliphatic rings. The summed E-state index contributed by atoms with van der Waals surface area (Å²) < 4.78 is 0. The summed E-state index contributed by atoms with van der Waals surface area (Å²) in [6.07, 6.45) is 19.9. The van der Waals surface area contributed by atoms with E-state index in [1.54, 1.807) is 18.2 Å². The van der Waals surface area contributed by atoms with Crippen molar-refractivity contribution in [2.24, 2.45) is 5.73 Å². The molecule has 1 amide bonds. The van der Waals surface area contributed by atoms with Gasteiger partial charge in [-0.3, -0.25) is 14.4 Å². The third-order valence-electron chi connectivity index (χ3n) is 5.54. The number of nitrogens with one attached hydrogen (secondary N) is 1. The molecule has 0 spiro atoms. The average Bonchev–Trinajstić information content (AvgIpc) is 2.88. The van der Waals surface area contributed by atoms with Crippen molar-refractivity contribution in [1.82, 2.24) is 5.32 Å². The number of rotatable bonds is 23. The van der Waals surface area contributed by atoms with Crippen LogP contribution in [-0.2, 0) is 19.2 Å². The van der Waals surface area contributed by atoms with E-state index >= 15 is 0 Å². The minimum Gasteiger partial charge on any atom is -0.481 e. The predicted molar refractivity (Wildman–Crippen MR) is 153 cm³/mol. The molecule has 0 aromatic heterocycles. The van der Waals surface area contributed by atoms with Crippen LogP contribution in [0.25, 0.3) is 0 Å². The molecule has 0 fully saturated rings. The second-order valence-electron chi connectivity index (χ2n) is 8.99. The molecule has 0 radical (unpaired) electrons. The standard InChI is InChI=1S/C28H44N2O8S/c1-2-3-4-5-6-7-8-9-10-11-12-13-16-24(23(31)15-14-17-26(33)34)39-20-22(28(37)38)30-25(32)19-18-21(29)27(35)36/h6-7,9-13,16,21-24,31H,2-5,8,14-15,17-20,29H2,1H3,(H,30,32)(H,33,34)(H,35,36)(H,37,38)/b7-6-,10-9-,12-11+,16-13+/t21-,22-,23-,24+/m0/s1. The van der Waals surface area contributed by atoms with E-state index in [-0.39, 0.29) is 37.9 Å². The highest BCUT2D eigenvalue weighted by molar-refractivity contribution is 8.00. The summed E-state index contributed by atoms with van der Waals surface area (Å²) in [6, 6.07) is -2.49. The Bertz CT molecular complexity index is 857. The van der Waals surface area contributed by atoms with E-state index < -0.39 is 47.3 Å². The fourth-order valence-electron chi connectivity index (χ4n) is 3.24. The molecule has 4 atom stereocenters. The monoisotopic (exact) mass is 568 g/mol. The number of nitrogens with two attached hydrogens (primary N) is 1. The van der Waals surface area contributed by atoms with Gasteiger partial charge in [-0.2, -0.15) is 0 Å². The van der Waals surface area contributed by atoms with Crippen LogP contribution in [0.4, 0.5) is 0 Å². The van der Waals surface area contributed by atoms with Gasteiger partial charge in [-0.25, -0.2) is 4.79 Å². The Morgan fingerprint density at radius 1 is 0.872 bits per heavy atom. The molecule has 0 bridgehead atoms. The molecular formula is C28H44N2O8S. The van der Waals surface area contributed by atoms with Crippen molar-refractivity contribution in [1.29, 1.82) is 0 Å². The van der Waals surface area contributed by atoms with E-state index in [0.29, 0.717) is 0 Å². The first-order valence-corrected chi connectivity index (χ1v) is 14.3. The van der Waals surface area contributed by atoms with Crippen molar-refractivity contribution in [2.45, 2.75) is 94.6 Å². The number of unbranched alkanes of at least 4 members (excludes halogenated alkanes) is 3. The average molecular weight is 569 g/mol. The van der Waals surface area contributed by atoms with E-state index in [2.05, 4.69) is 24.4 Å². The van der Waals surface area contributed by atoms with E-state index in [1.807, 2.05) is 18.2 Å². The number of amides is 1. The second-order valence-corrected chi connectivity index (χ2v) is 10.2. The predicted octanol–water partition coefficient (Wildman–Crippen LogP) is 3.66. The van der Waals surface area contributed by atoms with Crippen molar-refractivity contribution in [3.63, 3.8) is 0 Å². The Hall–Kier alpha value is -2.89. The van der Waals surface area contributed by atoms with Gasteiger partial charge in [0.1, 0.15) is 12.1 Å². The Kier molecular flexibility index (Phi) is 21.3. The minimum absolute atomic E-state index is 0.0642. The van der Waals surface area contributed by atoms with Gasteiger partial charge in [-0.1, -0.05) is 68.4 Å². The quantitative estimate of drug-likeness (QED) is 0.0603. The topological polar surface area (TPSA) is 187 Å². The van der Waals surface area contributed by atoms with Gasteiger partial charge in [0.15, 0.2) is 0 Å². The number of carboxylic acid groups (broad SMARTS) is 3. The number of allylic oxidation sites excluding steroid dienone is 7. The normalized spacial score (nSPS) is 15.2. The van der Waals surface area contributed by atoms with Crippen LogP contribution in [0.2, 0.25) is 0 Å². The zero-order valence-corrected chi connectivity index (χ0v) is 23.4. The molecule has 0 aromatic carbocycles. The fraction of sp³-hybridized carbons (Fsp3) is 0.571. The maximum absolute atomic E-state index is 12.1. The molecule has 10 nitrogen and oxygen atoms in total. The Morgan fingerprint density at radius 3 is 2.23 bits per heavy atom. The third kappa shape index (κ3) is 20.7. The first-order chi connectivity index (χ1) is 18.6. The highest BCUT2D eigenvalue weighted by Crippen LogP contribution is 2.21. The summed E-state index contributed by atoms with van der Waals surface area (Å²) in [5, 5.41) is 39.6. The SMILES string of the molecule is CCCCC/C=C\C\C=C/C=C/C=C/[C@@H](SC[C@H](NC(=O)CC[C@H](N)C(=O)O)C(=O)O)[C@@H](O)CCCC(=O)O. The number of aliphatic hydroxyl groups is 1. The van der Waals surface area contributed by atoms with Crippen LogP contribution in [0.15, 0.2) is 48.6 Å². The smallest absolute Gasteiger partial charge is 0.327 e. The molecule has 7 N–H and O–H groups in total. The second kappa shape index (κ2) is 23.0. The number of carboxylic acids is 3. The van der Waals surface area contributed by atoms with Gasteiger partial charge in [0.05, 0.1) is 6.10 Å². The summed E-state index contributed by atoms with van der Waals surface area (Å²) in [4.78, 5) is 45.4. The van der Waals surface area contributed by atoms with E-state index in [1.165, 1.54) is 19.3 Å². The highest BCUT2D eigenvalue weighted by Gasteiger charge is 2.25. The van der Waals surface area contributed by atoms with Crippen molar-refractivity contribution in [3.05, 3.63) is 48.6 Å². The van der Waals surface area contributed by atoms with Crippen molar-refractivity contribution < 1.29 is 39.6 Å². The number of thioether (sulfide) groups is 1. The number of carbonyl (C=O) groups is 4. The molecule has 0 unspecified atom stereocenters. The van der Waals surface area contributed by atoms with Gasteiger partial charge >= 0.3 is 17.9 Å². The Balaban J connectivity index is 5.01. The van der Waals surface area contributed by atoms with Crippen molar-refractivity contribution >= 4 is 35.6 Å². The Labute approximate surface area is 235 Å². The number of hydrogen-bond donors (Lipinski definition) is 6. The van der Waals surface area contributed by atoms with Crippen LogP contribution in [0.5, 0.6) is 0 Å². The summed E-state index contributed by atoms with van der Waals surface area (Å²) in [5.74, 6) is -4.20. The van der Waals surface area contributed by atoms with Crippen LogP contribution >= 0.6 is 11.8 Å². The molecule has 0 aliphatic heterocycles. The fourth-order valence-corrected chi connectivity index (χ4v) is 4.44. The third-order valence-corrected chi connectivity index (χ3v) is 6.92. The van der Waals surface area contributed by atoms with E-state index in [9.17, 15) is 29.4 Å². The van der Waals surface area contributed by atoms with Crippen LogP contribution in [0.3, 0.4) is 0 Å². The van der Waals surface area contributed by atoms with Gasteiger partial charge in [-0.15, -0.1) is 11.8 Å². The lowest BCUT2D eigenvalue weighted by Gasteiger charge is -2.22. The first-order valence-electron chi connectivity index (χ1n) is 13.2. The molecule has 0 saturated heterocycles. The van der Waals surface area contributed by atoms with Gasteiger partial charge in [0, 0.05) is 23.8 Å². The maximum atomic E-state index is 12.1. The molecule has 0 saturated carbocycles. The van der Waals surface area contributed by atoms with Crippen LogP contribution in [0.1, 0.15) is 71.1 Å². The van der Waals surface area contributed by atoms with Crippen molar-refractivity contribution in [2.75, 3.05) is 5.75 Å². The van der Waals surface area contributed by atoms with E-state index in [0.717, 1.165) is 24.6 Å².